The highest BCUT2D eigenvalue weighted by molar-refractivity contribution is 5.86. The number of aromatic nitrogens is 1. The van der Waals surface area contributed by atoms with E-state index in [1.54, 1.807) is 0 Å². The van der Waals surface area contributed by atoms with Crippen LogP contribution < -0.4 is 5.32 Å². The van der Waals surface area contributed by atoms with Crippen LogP contribution in [0.1, 0.15) is 11.6 Å². The average Bonchev–Trinajstić information content (AvgIpc) is 2.79. The van der Waals surface area contributed by atoms with E-state index in [1.165, 1.54) is 10.9 Å². The molecule has 2 aromatic rings. The Morgan fingerprint density at radius 1 is 1.19 bits per heavy atom. The van der Waals surface area contributed by atoms with E-state index in [-0.39, 0.29) is 37.5 Å². The normalized spacial score (nSPS) is 17.0. The summed E-state index contributed by atoms with van der Waals surface area (Å²) in [6.07, 6.45) is 2.08. The Morgan fingerprint density at radius 3 is 2.52 bits per heavy atom. The third-order valence-electron chi connectivity index (χ3n) is 4.03. The van der Waals surface area contributed by atoms with Crippen LogP contribution in [0.4, 0.5) is 4.39 Å². The molecular weight excluding hydrogens is 312 g/mol. The Hall–Kier alpha value is -0.810. The van der Waals surface area contributed by atoms with Gasteiger partial charge in [-0.05, 0) is 11.6 Å². The molecule has 6 heteroatoms. The molecule has 1 aliphatic rings. The summed E-state index contributed by atoms with van der Waals surface area (Å²) in [4.78, 5) is 2.25. The van der Waals surface area contributed by atoms with E-state index in [9.17, 15) is 4.39 Å². The number of hydrogen-bond acceptors (Lipinski definition) is 2. The second-order valence-electron chi connectivity index (χ2n) is 5.17. The molecule has 1 fully saturated rings. The summed E-state index contributed by atoms with van der Waals surface area (Å²) in [6, 6.07) is 8.12. The second-order valence-corrected chi connectivity index (χ2v) is 5.17. The minimum Gasteiger partial charge on any atom is -0.350 e. The molecule has 0 aliphatic carbocycles. The van der Waals surface area contributed by atoms with Crippen molar-refractivity contribution in [3.05, 3.63) is 36.0 Å². The summed E-state index contributed by atoms with van der Waals surface area (Å²) >= 11 is 0. The minimum absolute atomic E-state index is 0. The van der Waals surface area contributed by atoms with E-state index < -0.39 is 0 Å². The highest BCUT2D eigenvalue weighted by Crippen LogP contribution is 2.30. The molecule has 118 valence electrons. The first-order valence-corrected chi connectivity index (χ1v) is 6.86. The van der Waals surface area contributed by atoms with Gasteiger partial charge >= 0.3 is 0 Å². The first-order valence-electron chi connectivity index (χ1n) is 6.86. The van der Waals surface area contributed by atoms with Crippen molar-refractivity contribution >= 4 is 35.7 Å². The molecule has 0 saturated carbocycles. The van der Waals surface area contributed by atoms with Crippen molar-refractivity contribution in [2.75, 3.05) is 32.9 Å². The van der Waals surface area contributed by atoms with Gasteiger partial charge in [0, 0.05) is 50.3 Å². The maximum atomic E-state index is 13.6. The second kappa shape index (κ2) is 7.99. The lowest BCUT2D eigenvalue weighted by Crippen LogP contribution is -2.45. The van der Waals surface area contributed by atoms with Crippen LogP contribution in [0, 0.1) is 0 Å². The predicted octanol–water partition coefficient (Wildman–Crippen LogP) is 2.94. The third-order valence-corrected chi connectivity index (χ3v) is 4.03. The van der Waals surface area contributed by atoms with Gasteiger partial charge in [0.25, 0.3) is 0 Å². The van der Waals surface area contributed by atoms with Gasteiger partial charge in [0.1, 0.15) is 6.67 Å². The molecule has 1 aromatic heterocycles. The molecule has 0 spiro atoms. The van der Waals surface area contributed by atoms with Gasteiger partial charge in [-0.2, -0.15) is 0 Å². The van der Waals surface area contributed by atoms with Crippen molar-refractivity contribution in [2.24, 2.45) is 7.05 Å². The van der Waals surface area contributed by atoms with Crippen LogP contribution in [0.15, 0.2) is 30.5 Å². The van der Waals surface area contributed by atoms with Crippen LogP contribution in [0.25, 0.3) is 10.9 Å². The lowest BCUT2D eigenvalue weighted by atomic mass is 10.0. The number of nitrogens with one attached hydrogen (secondary N) is 1. The summed E-state index contributed by atoms with van der Waals surface area (Å²) in [6.45, 7) is 3.39. The van der Waals surface area contributed by atoms with Gasteiger partial charge < -0.3 is 9.88 Å². The summed E-state index contributed by atoms with van der Waals surface area (Å²) < 4.78 is 15.7. The van der Waals surface area contributed by atoms with Gasteiger partial charge in [-0.15, -0.1) is 24.8 Å². The molecule has 3 rings (SSSR count). The van der Waals surface area contributed by atoms with Gasteiger partial charge in [-0.1, -0.05) is 18.2 Å². The Morgan fingerprint density at radius 2 is 1.86 bits per heavy atom. The summed E-state index contributed by atoms with van der Waals surface area (Å²) in [5.74, 6) is 0. The standard InChI is InChI=1S/C15H20FN3.2ClH/c1-18-11-13(12-4-2-3-5-14(12)18)15(10-16)19-8-6-17-7-9-19;;/h2-5,11,15,17H,6-10H2,1H3;2*1H/t15-;;/m1../s1. The lowest BCUT2D eigenvalue weighted by Gasteiger charge is -2.33. The zero-order valence-electron chi connectivity index (χ0n) is 12.1. The van der Waals surface area contributed by atoms with Crippen LogP contribution in [-0.4, -0.2) is 42.3 Å². The number of aryl methyl sites for hydroxylation is 1. The van der Waals surface area contributed by atoms with Crippen molar-refractivity contribution in [3.63, 3.8) is 0 Å². The molecule has 1 aliphatic heterocycles. The Bertz CT molecular complexity index is 567. The molecule has 1 saturated heterocycles. The number of rotatable bonds is 3. The van der Waals surface area contributed by atoms with Gasteiger partial charge in [0.15, 0.2) is 0 Å². The highest BCUT2D eigenvalue weighted by atomic mass is 35.5. The number of para-hydroxylation sites is 1. The van der Waals surface area contributed by atoms with Crippen molar-refractivity contribution in [2.45, 2.75) is 6.04 Å². The number of benzene rings is 1. The Balaban J connectivity index is 0.00000110. The van der Waals surface area contributed by atoms with Crippen LogP contribution >= 0.6 is 24.8 Å². The minimum atomic E-state index is -0.325. The van der Waals surface area contributed by atoms with Crippen molar-refractivity contribution < 1.29 is 4.39 Å². The summed E-state index contributed by atoms with van der Waals surface area (Å²) in [5, 5.41) is 4.49. The van der Waals surface area contributed by atoms with Gasteiger partial charge in [0.05, 0.1) is 6.04 Å². The smallest absolute Gasteiger partial charge is 0.109 e. The van der Waals surface area contributed by atoms with Crippen molar-refractivity contribution in [3.8, 4) is 0 Å². The maximum absolute atomic E-state index is 13.6. The van der Waals surface area contributed by atoms with E-state index in [0.29, 0.717) is 0 Å². The molecule has 0 radical (unpaired) electrons. The Kier molecular flexibility index (Phi) is 6.94. The molecule has 3 nitrogen and oxygen atoms in total. The molecule has 1 N–H and O–H groups in total. The van der Waals surface area contributed by atoms with Crippen LogP contribution in [-0.2, 0) is 7.05 Å². The van der Waals surface area contributed by atoms with E-state index in [4.69, 9.17) is 0 Å². The zero-order chi connectivity index (χ0) is 13.2. The number of hydrogen-bond donors (Lipinski definition) is 1. The number of fused-ring (bicyclic) bond motifs is 1. The third kappa shape index (κ3) is 3.51. The van der Waals surface area contributed by atoms with Crippen molar-refractivity contribution in [1.82, 2.24) is 14.8 Å². The average molecular weight is 334 g/mol. The SMILES string of the molecule is Cl.Cl.Cn1cc([C@@H](CF)N2CCNCC2)c2ccccc21. The molecule has 1 aromatic carbocycles. The van der Waals surface area contributed by atoms with E-state index in [2.05, 4.69) is 33.1 Å². The zero-order valence-corrected chi connectivity index (χ0v) is 13.7. The predicted molar refractivity (Wildman–Crippen MR) is 90.6 cm³/mol. The first-order chi connectivity index (χ1) is 9.31. The number of nitrogens with zero attached hydrogens (tertiary/aromatic N) is 2. The van der Waals surface area contributed by atoms with E-state index >= 15 is 0 Å². The molecule has 0 amide bonds. The van der Waals surface area contributed by atoms with Gasteiger partial charge in [-0.25, -0.2) is 4.39 Å². The fraction of sp³-hybridized carbons (Fsp3) is 0.467. The largest absolute Gasteiger partial charge is 0.350 e. The summed E-state index contributed by atoms with van der Waals surface area (Å²) in [7, 11) is 2.03. The molecular formula is C15H22Cl2FN3. The van der Waals surface area contributed by atoms with Gasteiger partial charge in [0.2, 0.25) is 0 Å². The fourth-order valence-electron chi connectivity index (χ4n) is 3.01. The quantitative estimate of drug-likeness (QED) is 0.931. The molecule has 21 heavy (non-hydrogen) atoms. The lowest BCUT2D eigenvalue weighted by molar-refractivity contribution is 0.148. The van der Waals surface area contributed by atoms with E-state index in [1.807, 2.05) is 19.2 Å². The monoisotopic (exact) mass is 333 g/mol. The van der Waals surface area contributed by atoms with Crippen LogP contribution in [0.3, 0.4) is 0 Å². The molecule has 1 atom stereocenters. The van der Waals surface area contributed by atoms with Crippen LogP contribution in [0.5, 0.6) is 0 Å². The first kappa shape index (κ1) is 18.2. The molecule has 0 unspecified atom stereocenters. The highest BCUT2D eigenvalue weighted by Gasteiger charge is 2.24. The molecule has 2 heterocycles. The van der Waals surface area contributed by atoms with Crippen molar-refractivity contribution in [1.29, 1.82) is 0 Å². The van der Waals surface area contributed by atoms with Gasteiger partial charge in [-0.3, -0.25) is 4.90 Å². The van der Waals surface area contributed by atoms with E-state index in [0.717, 1.165) is 31.7 Å². The van der Waals surface area contributed by atoms with Crippen LogP contribution in [0.2, 0.25) is 0 Å². The number of halogens is 3. The summed E-state index contributed by atoms with van der Waals surface area (Å²) in [5.41, 5.74) is 2.29. The Labute approximate surface area is 137 Å². The number of alkyl halides is 1. The fourth-order valence-corrected chi connectivity index (χ4v) is 3.01. The molecule has 0 bridgehead atoms. The maximum Gasteiger partial charge on any atom is 0.109 e. The topological polar surface area (TPSA) is 20.2 Å². The number of piperazine rings is 1.